The molecule has 0 aliphatic heterocycles. The standard InChI is InChI=1S/C12H16ClN3O3/c1-16-11(17)10(13)9(6-14-16)15-8-4-2-7(3-5-8)12(18)19/h6-8,15H,2-5H2,1H3,(H,18,19). The number of carbonyl (C=O) groups is 1. The summed E-state index contributed by atoms with van der Waals surface area (Å²) in [5, 5.41) is 16.1. The van der Waals surface area contributed by atoms with Crippen LogP contribution in [0.3, 0.4) is 0 Å². The van der Waals surface area contributed by atoms with Crippen molar-refractivity contribution in [3.05, 3.63) is 21.6 Å². The van der Waals surface area contributed by atoms with Crippen molar-refractivity contribution in [3.63, 3.8) is 0 Å². The summed E-state index contributed by atoms with van der Waals surface area (Å²) in [6.07, 6.45) is 4.31. The molecule has 1 aromatic rings. The minimum absolute atomic E-state index is 0.123. The van der Waals surface area contributed by atoms with Crippen LogP contribution in [0.15, 0.2) is 11.0 Å². The third kappa shape index (κ3) is 3.07. The second-order valence-corrected chi connectivity index (χ2v) is 5.21. The first-order valence-electron chi connectivity index (χ1n) is 6.20. The highest BCUT2D eigenvalue weighted by Gasteiger charge is 2.26. The zero-order chi connectivity index (χ0) is 14.0. The van der Waals surface area contributed by atoms with Crippen LogP contribution in [0.1, 0.15) is 25.7 Å². The van der Waals surface area contributed by atoms with E-state index < -0.39 is 5.97 Å². The molecule has 1 aromatic heterocycles. The van der Waals surface area contributed by atoms with Crippen LogP contribution in [-0.2, 0) is 11.8 Å². The van der Waals surface area contributed by atoms with Crippen LogP contribution in [0.4, 0.5) is 5.69 Å². The highest BCUT2D eigenvalue weighted by atomic mass is 35.5. The first-order valence-corrected chi connectivity index (χ1v) is 6.58. The fraction of sp³-hybridized carbons (Fsp3) is 0.583. The summed E-state index contributed by atoms with van der Waals surface area (Å²) in [6.45, 7) is 0. The first kappa shape index (κ1) is 13.9. The van der Waals surface area contributed by atoms with Crippen LogP contribution in [-0.4, -0.2) is 26.9 Å². The Morgan fingerprint density at radius 3 is 2.68 bits per heavy atom. The topological polar surface area (TPSA) is 84.2 Å². The van der Waals surface area contributed by atoms with Crippen molar-refractivity contribution in [2.75, 3.05) is 5.32 Å². The number of aromatic nitrogens is 2. The molecule has 0 bridgehead atoms. The number of aryl methyl sites for hydroxylation is 1. The molecule has 0 spiro atoms. The van der Waals surface area contributed by atoms with Crippen molar-refractivity contribution >= 4 is 23.3 Å². The molecule has 19 heavy (non-hydrogen) atoms. The fourth-order valence-electron chi connectivity index (χ4n) is 2.32. The maximum Gasteiger partial charge on any atom is 0.306 e. The number of carboxylic acid groups (broad SMARTS) is 1. The van der Waals surface area contributed by atoms with Gasteiger partial charge in [0.2, 0.25) is 0 Å². The van der Waals surface area contributed by atoms with Gasteiger partial charge < -0.3 is 10.4 Å². The van der Waals surface area contributed by atoms with E-state index in [1.54, 1.807) is 0 Å². The lowest BCUT2D eigenvalue weighted by Gasteiger charge is -2.27. The molecule has 6 nitrogen and oxygen atoms in total. The molecule has 1 aliphatic carbocycles. The molecule has 2 N–H and O–H groups in total. The van der Waals surface area contributed by atoms with Gasteiger partial charge in [-0.3, -0.25) is 9.59 Å². The Morgan fingerprint density at radius 1 is 1.47 bits per heavy atom. The van der Waals surface area contributed by atoms with Gasteiger partial charge in [0.1, 0.15) is 5.02 Å². The lowest BCUT2D eigenvalue weighted by Crippen LogP contribution is -2.30. The number of halogens is 1. The highest BCUT2D eigenvalue weighted by Crippen LogP contribution is 2.27. The monoisotopic (exact) mass is 285 g/mol. The molecule has 1 heterocycles. The minimum atomic E-state index is -0.730. The summed E-state index contributed by atoms with van der Waals surface area (Å²) in [6, 6.07) is 0.141. The summed E-state index contributed by atoms with van der Waals surface area (Å²) in [4.78, 5) is 22.5. The smallest absolute Gasteiger partial charge is 0.306 e. The molecule has 0 radical (unpaired) electrons. The van der Waals surface area contributed by atoms with Gasteiger partial charge in [-0.1, -0.05) is 11.6 Å². The van der Waals surface area contributed by atoms with Gasteiger partial charge in [0.25, 0.3) is 5.56 Å². The van der Waals surface area contributed by atoms with E-state index in [2.05, 4.69) is 10.4 Å². The van der Waals surface area contributed by atoms with Gasteiger partial charge in [-0.25, -0.2) is 4.68 Å². The first-order chi connectivity index (χ1) is 8.99. The molecule has 0 amide bonds. The lowest BCUT2D eigenvalue weighted by molar-refractivity contribution is -0.142. The number of hydrogen-bond donors (Lipinski definition) is 2. The summed E-state index contributed by atoms with van der Waals surface area (Å²) in [5.41, 5.74) is 0.175. The Hall–Kier alpha value is -1.56. The quantitative estimate of drug-likeness (QED) is 0.879. The molecule has 0 unspecified atom stereocenters. The average molecular weight is 286 g/mol. The van der Waals surface area contributed by atoms with Crippen molar-refractivity contribution < 1.29 is 9.90 Å². The Labute approximate surface area is 115 Å². The number of aliphatic carboxylic acids is 1. The van der Waals surface area contributed by atoms with Gasteiger partial charge in [0.05, 0.1) is 17.8 Å². The van der Waals surface area contributed by atoms with E-state index in [1.165, 1.54) is 17.9 Å². The molecule has 2 rings (SSSR count). The van der Waals surface area contributed by atoms with Gasteiger partial charge in [-0.2, -0.15) is 5.10 Å². The molecular formula is C12H16ClN3O3. The Morgan fingerprint density at radius 2 is 2.11 bits per heavy atom. The normalized spacial score (nSPS) is 23.1. The molecule has 0 aromatic carbocycles. The third-order valence-corrected chi connectivity index (χ3v) is 3.88. The Kier molecular flexibility index (Phi) is 4.09. The van der Waals surface area contributed by atoms with Gasteiger partial charge in [-0.05, 0) is 25.7 Å². The molecule has 1 fully saturated rings. The maximum atomic E-state index is 11.6. The van der Waals surface area contributed by atoms with Crippen LogP contribution < -0.4 is 10.9 Å². The fourth-order valence-corrected chi connectivity index (χ4v) is 2.54. The molecule has 7 heteroatoms. The number of nitrogens with one attached hydrogen (secondary N) is 1. The largest absolute Gasteiger partial charge is 0.481 e. The molecule has 104 valence electrons. The van der Waals surface area contributed by atoms with Crippen LogP contribution in [0.2, 0.25) is 5.02 Å². The van der Waals surface area contributed by atoms with E-state index in [1.807, 2.05) is 0 Å². The van der Waals surface area contributed by atoms with Gasteiger partial charge >= 0.3 is 5.97 Å². The van der Waals surface area contributed by atoms with Crippen molar-refractivity contribution in [1.29, 1.82) is 0 Å². The number of nitrogens with zero attached hydrogens (tertiary/aromatic N) is 2. The molecule has 0 atom stereocenters. The Balaban J connectivity index is 2.02. The van der Waals surface area contributed by atoms with Crippen molar-refractivity contribution in [2.24, 2.45) is 13.0 Å². The average Bonchev–Trinajstić information content (AvgIpc) is 2.40. The lowest BCUT2D eigenvalue weighted by atomic mass is 9.86. The summed E-state index contributed by atoms with van der Waals surface area (Å²) in [7, 11) is 1.54. The van der Waals surface area contributed by atoms with Crippen LogP contribution in [0, 0.1) is 5.92 Å². The van der Waals surface area contributed by atoms with Crippen molar-refractivity contribution in [2.45, 2.75) is 31.7 Å². The van der Waals surface area contributed by atoms with E-state index in [0.717, 1.165) is 12.8 Å². The number of carboxylic acids is 1. The molecule has 0 saturated heterocycles. The highest BCUT2D eigenvalue weighted by molar-refractivity contribution is 6.32. The number of hydrogen-bond acceptors (Lipinski definition) is 4. The van der Waals surface area contributed by atoms with E-state index >= 15 is 0 Å². The maximum absolute atomic E-state index is 11.6. The van der Waals surface area contributed by atoms with Gasteiger partial charge in [-0.15, -0.1) is 0 Å². The Bertz CT molecular complexity index is 536. The van der Waals surface area contributed by atoms with Crippen LogP contribution >= 0.6 is 11.6 Å². The summed E-state index contributed by atoms with van der Waals surface area (Å²) < 4.78 is 1.18. The van der Waals surface area contributed by atoms with Gasteiger partial charge in [0, 0.05) is 13.1 Å². The van der Waals surface area contributed by atoms with Crippen molar-refractivity contribution in [3.8, 4) is 0 Å². The van der Waals surface area contributed by atoms with Gasteiger partial charge in [0.15, 0.2) is 0 Å². The summed E-state index contributed by atoms with van der Waals surface area (Å²) >= 11 is 5.97. The van der Waals surface area contributed by atoms with E-state index in [4.69, 9.17) is 16.7 Å². The molecule has 1 aliphatic rings. The number of rotatable bonds is 3. The second kappa shape index (κ2) is 5.61. The zero-order valence-electron chi connectivity index (χ0n) is 10.6. The molecular weight excluding hydrogens is 270 g/mol. The van der Waals surface area contributed by atoms with Crippen molar-refractivity contribution in [1.82, 2.24) is 9.78 Å². The van der Waals surface area contributed by atoms with E-state index in [-0.39, 0.29) is 22.5 Å². The van der Waals surface area contributed by atoms with E-state index in [9.17, 15) is 9.59 Å². The van der Waals surface area contributed by atoms with Crippen LogP contribution in [0.5, 0.6) is 0 Å². The summed E-state index contributed by atoms with van der Waals surface area (Å²) in [5.74, 6) is -0.984. The van der Waals surface area contributed by atoms with E-state index in [0.29, 0.717) is 18.5 Å². The molecule has 1 saturated carbocycles. The predicted octanol–water partition coefficient (Wildman–Crippen LogP) is 1.49. The zero-order valence-corrected chi connectivity index (χ0v) is 11.4. The number of anilines is 1. The third-order valence-electron chi connectivity index (χ3n) is 3.51. The van der Waals surface area contributed by atoms with Crippen LogP contribution in [0.25, 0.3) is 0 Å². The minimum Gasteiger partial charge on any atom is -0.481 e. The SMILES string of the molecule is Cn1ncc(NC2CCC(C(=O)O)CC2)c(Cl)c1=O. The second-order valence-electron chi connectivity index (χ2n) is 4.83. The predicted molar refractivity (Wildman–Crippen MR) is 71.5 cm³/mol.